The molecular weight excluding hydrogens is 280 g/mol. The maximum absolute atomic E-state index is 11.8. The molecule has 1 unspecified atom stereocenters. The lowest BCUT2D eigenvalue weighted by Crippen LogP contribution is -2.53. The van der Waals surface area contributed by atoms with Crippen molar-refractivity contribution in [2.75, 3.05) is 0 Å². The minimum Gasteiger partial charge on any atom is -0.343 e. The summed E-state index contributed by atoms with van der Waals surface area (Å²) in [6.07, 6.45) is 1.59. The molecule has 9 heteroatoms. The van der Waals surface area contributed by atoms with E-state index in [2.05, 4.69) is 10.6 Å². The number of piperidine rings is 1. The number of rotatable bonds is 3. The summed E-state index contributed by atoms with van der Waals surface area (Å²) in [6.45, 7) is -0.315. The van der Waals surface area contributed by atoms with Crippen molar-refractivity contribution in [2.24, 2.45) is 7.05 Å². The van der Waals surface area contributed by atoms with Gasteiger partial charge in [-0.1, -0.05) is 0 Å². The second-order valence-corrected chi connectivity index (χ2v) is 4.69. The quantitative estimate of drug-likeness (QED) is 0.596. The fourth-order valence-electron chi connectivity index (χ4n) is 1.96. The molecule has 1 fully saturated rings. The molecule has 0 spiro atoms. The predicted molar refractivity (Wildman–Crippen MR) is 70.3 cm³/mol. The first-order valence-electron chi connectivity index (χ1n) is 6.28. The van der Waals surface area contributed by atoms with Crippen LogP contribution in [0.2, 0.25) is 0 Å². The molecule has 1 saturated heterocycles. The van der Waals surface area contributed by atoms with E-state index in [0.717, 1.165) is 9.13 Å². The van der Waals surface area contributed by atoms with Crippen LogP contribution in [0.15, 0.2) is 21.9 Å². The summed E-state index contributed by atoms with van der Waals surface area (Å²) in [5.41, 5.74) is -1.09. The Bertz CT molecular complexity index is 717. The Hall–Kier alpha value is -2.71. The Morgan fingerprint density at radius 2 is 2.10 bits per heavy atom. The Balaban J connectivity index is 2.04. The number of hydrogen-bond acceptors (Lipinski definition) is 5. The lowest BCUT2D eigenvalue weighted by Gasteiger charge is -2.21. The first-order chi connectivity index (χ1) is 9.88. The Morgan fingerprint density at radius 3 is 2.76 bits per heavy atom. The van der Waals surface area contributed by atoms with Crippen molar-refractivity contribution in [1.82, 2.24) is 19.8 Å². The van der Waals surface area contributed by atoms with Crippen LogP contribution in [0, 0.1) is 0 Å². The first kappa shape index (κ1) is 14.7. The highest BCUT2D eigenvalue weighted by atomic mass is 16.2. The van der Waals surface area contributed by atoms with E-state index in [1.165, 1.54) is 19.3 Å². The third-order valence-corrected chi connectivity index (χ3v) is 3.15. The van der Waals surface area contributed by atoms with Gasteiger partial charge in [0.2, 0.25) is 17.7 Å². The van der Waals surface area contributed by atoms with Gasteiger partial charge in [0, 0.05) is 25.7 Å². The van der Waals surface area contributed by atoms with Crippen molar-refractivity contribution in [2.45, 2.75) is 25.4 Å². The molecule has 1 aromatic heterocycles. The molecule has 2 N–H and O–H groups in total. The average Bonchev–Trinajstić information content (AvgIpc) is 2.43. The van der Waals surface area contributed by atoms with Crippen LogP contribution >= 0.6 is 0 Å². The fraction of sp³-hybridized carbons (Fsp3) is 0.417. The maximum atomic E-state index is 11.8. The van der Waals surface area contributed by atoms with Crippen molar-refractivity contribution < 1.29 is 14.4 Å². The summed E-state index contributed by atoms with van der Waals surface area (Å²) >= 11 is 0. The van der Waals surface area contributed by atoms with E-state index in [1.807, 2.05) is 0 Å². The molecule has 2 heterocycles. The summed E-state index contributed by atoms with van der Waals surface area (Å²) in [5, 5.41) is 4.57. The highest BCUT2D eigenvalue weighted by Crippen LogP contribution is 2.03. The maximum Gasteiger partial charge on any atom is 0.331 e. The van der Waals surface area contributed by atoms with Crippen LogP contribution in [-0.2, 0) is 28.0 Å². The van der Waals surface area contributed by atoms with E-state index in [-0.39, 0.29) is 25.3 Å². The molecule has 0 aromatic carbocycles. The molecule has 2 rings (SSSR count). The molecule has 0 saturated carbocycles. The largest absolute Gasteiger partial charge is 0.343 e. The van der Waals surface area contributed by atoms with Gasteiger partial charge in [0.1, 0.15) is 12.6 Å². The molecular formula is C12H14N4O5. The van der Waals surface area contributed by atoms with Crippen molar-refractivity contribution in [3.63, 3.8) is 0 Å². The van der Waals surface area contributed by atoms with E-state index in [4.69, 9.17) is 0 Å². The summed E-state index contributed by atoms with van der Waals surface area (Å²) in [4.78, 5) is 57.3. The van der Waals surface area contributed by atoms with E-state index in [9.17, 15) is 24.0 Å². The third kappa shape index (κ3) is 3.25. The summed E-state index contributed by atoms with van der Waals surface area (Å²) in [6, 6.07) is 0.374. The number of aromatic nitrogens is 2. The van der Waals surface area contributed by atoms with Gasteiger partial charge in [-0.15, -0.1) is 0 Å². The fourth-order valence-corrected chi connectivity index (χ4v) is 1.96. The molecule has 3 amide bonds. The molecule has 1 aromatic rings. The number of amides is 3. The molecule has 9 nitrogen and oxygen atoms in total. The minimum absolute atomic E-state index is 0.149. The van der Waals surface area contributed by atoms with Gasteiger partial charge in [-0.3, -0.25) is 33.6 Å². The van der Waals surface area contributed by atoms with Gasteiger partial charge in [-0.05, 0) is 6.42 Å². The molecule has 1 atom stereocenters. The summed E-state index contributed by atoms with van der Waals surface area (Å²) < 4.78 is 1.93. The number of carbonyl (C=O) groups excluding carboxylic acids is 3. The number of hydrogen-bond donors (Lipinski definition) is 2. The second kappa shape index (κ2) is 5.73. The standard InChI is InChI=1S/C12H14N4O5/c1-15-10(19)4-5-16(12(15)21)6-9(18)13-7-2-3-8(17)14-11(7)20/h4-5,7H,2-3,6H2,1H3,(H,13,18)(H,14,17,20). The molecule has 1 aliphatic heterocycles. The van der Waals surface area contributed by atoms with Crippen LogP contribution in [0.5, 0.6) is 0 Å². The zero-order valence-corrected chi connectivity index (χ0v) is 11.3. The molecule has 1 aliphatic rings. The Labute approximate surface area is 118 Å². The topological polar surface area (TPSA) is 119 Å². The predicted octanol–water partition coefficient (Wildman–Crippen LogP) is -2.53. The van der Waals surface area contributed by atoms with Crippen molar-refractivity contribution in [3.8, 4) is 0 Å². The zero-order valence-electron chi connectivity index (χ0n) is 11.3. The van der Waals surface area contributed by atoms with Crippen LogP contribution in [0.25, 0.3) is 0 Å². The smallest absolute Gasteiger partial charge is 0.331 e. The first-order valence-corrected chi connectivity index (χ1v) is 6.28. The average molecular weight is 294 g/mol. The van der Waals surface area contributed by atoms with Crippen molar-refractivity contribution >= 4 is 17.7 Å². The second-order valence-electron chi connectivity index (χ2n) is 4.69. The molecule has 112 valence electrons. The van der Waals surface area contributed by atoms with E-state index >= 15 is 0 Å². The normalized spacial score (nSPS) is 18.2. The van der Waals surface area contributed by atoms with E-state index < -0.39 is 29.1 Å². The SMILES string of the molecule is Cn1c(=O)ccn(CC(=O)NC2CCC(=O)NC2=O)c1=O. The zero-order chi connectivity index (χ0) is 15.6. The van der Waals surface area contributed by atoms with E-state index in [1.54, 1.807) is 0 Å². The molecule has 0 radical (unpaired) electrons. The molecule has 0 aliphatic carbocycles. The van der Waals surface area contributed by atoms with Gasteiger partial charge in [-0.2, -0.15) is 0 Å². The molecule has 0 bridgehead atoms. The number of imide groups is 1. The van der Waals surface area contributed by atoms with Gasteiger partial charge in [0.25, 0.3) is 5.56 Å². The van der Waals surface area contributed by atoms with Gasteiger partial charge >= 0.3 is 5.69 Å². The van der Waals surface area contributed by atoms with E-state index in [0.29, 0.717) is 0 Å². The lowest BCUT2D eigenvalue weighted by atomic mass is 10.1. The van der Waals surface area contributed by atoms with Gasteiger partial charge in [-0.25, -0.2) is 4.79 Å². The van der Waals surface area contributed by atoms with Gasteiger partial charge < -0.3 is 5.32 Å². The van der Waals surface area contributed by atoms with Crippen LogP contribution in [-0.4, -0.2) is 32.9 Å². The highest BCUT2D eigenvalue weighted by molar-refractivity contribution is 6.01. The Morgan fingerprint density at radius 1 is 1.38 bits per heavy atom. The van der Waals surface area contributed by atoms with Crippen LogP contribution < -0.4 is 21.9 Å². The van der Waals surface area contributed by atoms with Crippen LogP contribution in [0.1, 0.15) is 12.8 Å². The number of nitrogens with zero attached hydrogens (tertiary/aromatic N) is 2. The summed E-state index contributed by atoms with van der Waals surface area (Å²) in [5.74, 6) is -1.49. The van der Waals surface area contributed by atoms with Gasteiger partial charge in [0.05, 0.1) is 0 Å². The van der Waals surface area contributed by atoms with Crippen LogP contribution in [0.3, 0.4) is 0 Å². The van der Waals surface area contributed by atoms with Crippen molar-refractivity contribution in [3.05, 3.63) is 33.1 Å². The van der Waals surface area contributed by atoms with Crippen LogP contribution in [0.4, 0.5) is 0 Å². The minimum atomic E-state index is -0.793. The number of carbonyl (C=O) groups is 3. The molecule has 21 heavy (non-hydrogen) atoms. The van der Waals surface area contributed by atoms with Crippen molar-refractivity contribution in [1.29, 1.82) is 0 Å². The number of nitrogens with one attached hydrogen (secondary N) is 2. The summed E-state index contributed by atoms with van der Waals surface area (Å²) in [7, 11) is 1.30. The lowest BCUT2D eigenvalue weighted by molar-refractivity contribution is -0.137. The Kier molecular flexibility index (Phi) is 4.01. The third-order valence-electron chi connectivity index (χ3n) is 3.15. The monoisotopic (exact) mass is 294 g/mol. The highest BCUT2D eigenvalue weighted by Gasteiger charge is 2.27. The van der Waals surface area contributed by atoms with Gasteiger partial charge in [0.15, 0.2) is 0 Å².